The van der Waals surface area contributed by atoms with Crippen LogP contribution in [0.3, 0.4) is 0 Å². The summed E-state index contributed by atoms with van der Waals surface area (Å²) in [6.07, 6.45) is 6.10. The van der Waals surface area contributed by atoms with Crippen molar-refractivity contribution in [3.05, 3.63) is 30.0 Å². The standard InChI is InChI=1S/C15H14N6S2/c22-15(18-5-9-1-2-9)21-13-4-3-10-14(20-13)19-11(6-17-10)12-7-16-8-23-12/h3-4,6-9H,1-2,5H2,(H2,18,19,20,21,22). The fourth-order valence-electron chi connectivity index (χ4n) is 2.15. The summed E-state index contributed by atoms with van der Waals surface area (Å²) in [6.45, 7) is 0.925. The van der Waals surface area contributed by atoms with Crippen molar-refractivity contribution >= 4 is 45.6 Å². The van der Waals surface area contributed by atoms with E-state index in [-0.39, 0.29) is 0 Å². The minimum atomic E-state index is 0.589. The van der Waals surface area contributed by atoms with Gasteiger partial charge in [0.15, 0.2) is 10.8 Å². The monoisotopic (exact) mass is 342 g/mol. The van der Waals surface area contributed by atoms with Gasteiger partial charge in [-0.25, -0.2) is 9.97 Å². The van der Waals surface area contributed by atoms with Crippen molar-refractivity contribution < 1.29 is 0 Å². The van der Waals surface area contributed by atoms with Gasteiger partial charge in [-0.15, -0.1) is 11.3 Å². The van der Waals surface area contributed by atoms with Crippen LogP contribution in [0.25, 0.3) is 21.7 Å². The quantitative estimate of drug-likeness (QED) is 0.706. The van der Waals surface area contributed by atoms with Crippen LogP contribution >= 0.6 is 23.6 Å². The fraction of sp³-hybridized carbons (Fsp3) is 0.267. The third-order valence-electron chi connectivity index (χ3n) is 3.58. The maximum absolute atomic E-state index is 5.29. The predicted molar refractivity (Wildman–Crippen MR) is 95.4 cm³/mol. The number of hydrogen-bond acceptors (Lipinski definition) is 6. The second-order valence-electron chi connectivity index (χ2n) is 5.44. The Morgan fingerprint density at radius 3 is 2.96 bits per heavy atom. The lowest BCUT2D eigenvalue weighted by molar-refractivity contribution is 0.777. The molecule has 0 saturated heterocycles. The third-order valence-corrected chi connectivity index (χ3v) is 4.62. The predicted octanol–water partition coefficient (Wildman–Crippen LogP) is 2.84. The van der Waals surface area contributed by atoms with Crippen LogP contribution in [0.4, 0.5) is 5.82 Å². The molecule has 0 radical (unpaired) electrons. The average molecular weight is 342 g/mol. The molecule has 1 aliphatic rings. The lowest BCUT2D eigenvalue weighted by atomic mass is 10.3. The van der Waals surface area contributed by atoms with Crippen molar-refractivity contribution in [1.29, 1.82) is 0 Å². The first-order valence-electron chi connectivity index (χ1n) is 7.35. The second kappa shape index (κ2) is 6.13. The highest BCUT2D eigenvalue weighted by molar-refractivity contribution is 7.80. The van der Waals surface area contributed by atoms with E-state index in [1.54, 1.807) is 17.9 Å². The molecule has 0 bridgehead atoms. The van der Waals surface area contributed by atoms with Gasteiger partial charge in [-0.3, -0.25) is 9.97 Å². The number of pyridine rings is 1. The van der Waals surface area contributed by atoms with E-state index < -0.39 is 0 Å². The molecule has 6 nitrogen and oxygen atoms in total. The number of thiazole rings is 1. The highest BCUT2D eigenvalue weighted by Crippen LogP contribution is 2.27. The zero-order valence-corrected chi connectivity index (χ0v) is 13.8. The Bertz CT molecular complexity index is 844. The Labute approximate surface area is 142 Å². The number of nitrogens with zero attached hydrogens (tertiary/aromatic N) is 4. The highest BCUT2D eigenvalue weighted by atomic mass is 32.1. The number of thiocarbonyl (C=S) groups is 1. The Kier molecular flexibility index (Phi) is 3.84. The molecule has 23 heavy (non-hydrogen) atoms. The van der Waals surface area contributed by atoms with Gasteiger partial charge in [0.2, 0.25) is 0 Å². The first kappa shape index (κ1) is 14.4. The number of hydrogen-bond donors (Lipinski definition) is 2. The fourth-order valence-corrected chi connectivity index (χ4v) is 2.91. The Morgan fingerprint density at radius 1 is 1.26 bits per heavy atom. The van der Waals surface area contributed by atoms with Gasteiger partial charge in [0.1, 0.15) is 17.0 Å². The number of anilines is 1. The van der Waals surface area contributed by atoms with E-state index in [9.17, 15) is 0 Å². The Morgan fingerprint density at radius 2 is 2.17 bits per heavy atom. The summed E-state index contributed by atoms with van der Waals surface area (Å²) >= 11 is 6.82. The summed E-state index contributed by atoms with van der Waals surface area (Å²) < 4.78 is 0. The van der Waals surface area contributed by atoms with E-state index in [0.717, 1.165) is 28.6 Å². The first-order chi connectivity index (χ1) is 11.3. The molecule has 2 N–H and O–H groups in total. The van der Waals surface area contributed by atoms with Gasteiger partial charge >= 0.3 is 0 Å². The summed E-state index contributed by atoms with van der Waals surface area (Å²) in [5, 5.41) is 6.91. The molecule has 0 unspecified atom stereocenters. The van der Waals surface area contributed by atoms with Crippen LogP contribution in [0.2, 0.25) is 0 Å². The molecule has 0 spiro atoms. The van der Waals surface area contributed by atoms with E-state index in [0.29, 0.717) is 16.6 Å². The maximum Gasteiger partial charge on any atom is 0.180 e. The molecule has 3 aromatic rings. The largest absolute Gasteiger partial charge is 0.362 e. The molecule has 3 heterocycles. The molecule has 8 heteroatoms. The van der Waals surface area contributed by atoms with Crippen LogP contribution < -0.4 is 10.6 Å². The molecule has 4 rings (SSSR count). The molecule has 3 aromatic heterocycles. The van der Waals surface area contributed by atoms with Gasteiger partial charge < -0.3 is 10.6 Å². The van der Waals surface area contributed by atoms with Gasteiger partial charge in [0, 0.05) is 12.7 Å². The first-order valence-corrected chi connectivity index (χ1v) is 8.64. The molecule has 0 amide bonds. The van der Waals surface area contributed by atoms with E-state index >= 15 is 0 Å². The van der Waals surface area contributed by atoms with Gasteiger partial charge in [0.25, 0.3) is 0 Å². The van der Waals surface area contributed by atoms with Crippen LogP contribution in [0.1, 0.15) is 12.8 Å². The molecule has 1 fully saturated rings. The Balaban J connectivity index is 1.54. The molecule has 1 aliphatic carbocycles. The zero-order valence-electron chi connectivity index (χ0n) is 12.2. The van der Waals surface area contributed by atoms with Crippen LogP contribution in [0.15, 0.2) is 30.0 Å². The summed E-state index contributed by atoms with van der Waals surface area (Å²) in [5.74, 6) is 1.44. The zero-order chi connectivity index (χ0) is 15.6. The number of fused-ring (bicyclic) bond motifs is 1. The van der Waals surface area contributed by atoms with Gasteiger partial charge in [-0.2, -0.15) is 0 Å². The number of aromatic nitrogens is 4. The van der Waals surface area contributed by atoms with Crippen LogP contribution in [0.5, 0.6) is 0 Å². The van der Waals surface area contributed by atoms with Crippen LogP contribution in [-0.4, -0.2) is 31.6 Å². The van der Waals surface area contributed by atoms with Gasteiger partial charge in [-0.1, -0.05) is 0 Å². The lowest BCUT2D eigenvalue weighted by Gasteiger charge is -2.09. The molecular formula is C15H14N6S2. The van der Waals surface area contributed by atoms with Crippen molar-refractivity contribution in [3.8, 4) is 10.6 Å². The van der Waals surface area contributed by atoms with Crippen molar-refractivity contribution in [1.82, 2.24) is 25.3 Å². The molecule has 0 atom stereocenters. The molecule has 0 aromatic carbocycles. The van der Waals surface area contributed by atoms with Crippen molar-refractivity contribution in [2.75, 3.05) is 11.9 Å². The maximum atomic E-state index is 5.29. The number of nitrogens with one attached hydrogen (secondary N) is 2. The van der Waals surface area contributed by atoms with Crippen LogP contribution in [-0.2, 0) is 0 Å². The summed E-state index contributed by atoms with van der Waals surface area (Å²) in [7, 11) is 0. The summed E-state index contributed by atoms with van der Waals surface area (Å²) in [4.78, 5) is 18.5. The van der Waals surface area contributed by atoms with E-state index in [4.69, 9.17) is 12.2 Å². The summed E-state index contributed by atoms with van der Waals surface area (Å²) in [6, 6.07) is 3.74. The van der Waals surface area contributed by atoms with E-state index in [1.807, 2.05) is 12.1 Å². The van der Waals surface area contributed by atoms with Crippen molar-refractivity contribution in [2.24, 2.45) is 5.92 Å². The van der Waals surface area contributed by atoms with E-state index in [2.05, 4.69) is 30.6 Å². The minimum absolute atomic E-state index is 0.589. The topological polar surface area (TPSA) is 75.6 Å². The third kappa shape index (κ3) is 3.43. The SMILES string of the molecule is S=C(NCC1CC1)Nc1ccc2ncc(-c3cncs3)nc2n1. The smallest absolute Gasteiger partial charge is 0.180 e. The molecule has 1 saturated carbocycles. The van der Waals surface area contributed by atoms with Crippen LogP contribution in [0, 0.1) is 5.92 Å². The van der Waals surface area contributed by atoms with E-state index in [1.165, 1.54) is 24.2 Å². The minimum Gasteiger partial charge on any atom is -0.362 e. The second-order valence-corrected chi connectivity index (χ2v) is 6.73. The lowest BCUT2D eigenvalue weighted by Crippen LogP contribution is -2.30. The van der Waals surface area contributed by atoms with Gasteiger partial charge in [0.05, 0.1) is 16.6 Å². The Hall–Kier alpha value is -2.19. The molecular weight excluding hydrogens is 328 g/mol. The molecule has 116 valence electrons. The van der Waals surface area contributed by atoms with Crippen molar-refractivity contribution in [3.63, 3.8) is 0 Å². The number of rotatable bonds is 4. The highest BCUT2D eigenvalue weighted by Gasteiger charge is 2.20. The summed E-state index contributed by atoms with van der Waals surface area (Å²) in [5.41, 5.74) is 3.89. The van der Waals surface area contributed by atoms with Crippen molar-refractivity contribution in [2.45, 2.75) is 12.8 Å². The molecule has 0 aliphatic heterocycles. The van der Waals surface area contributed by atoms with Gasteiger partial charge in [-0.05, 0) is 43.1 Å². The normalized spacial score (nSPS) is 13.9. The average Bonchev–Trinajstić information content (AvgIpc) is 3.24.